The Morgan fingerprint density at radius 3 is 2.38 bits per heavy atom. The van der Waals surface area contributed by atoms with Gasteiger partial charge in [-0.3, -0.25) is 9.79 Å². The van der Waals surface area contributed by atoms with Gasteiger partial charge >= 0.3 is 0 Å². The quantitative estimate of drug-likeness (QED) is 0.0866. The molecule has 2 aromatic carbocycles. The number of carbonyl (C=O) groups is 2. The van der Waals surface area contributed by atoms with Crippen LogP contribution in [0.3, 0.4) is 0 Å². The second kappa shape index (κ2) is 16.7. The van der Waals surface area contributed by atoms with E-state index >= 15 is 0 Å². The SMILES string of the molecule is CCCC1CCC2(CC)CC12NC(=O)CCc1ccc(OCC(C=NCCOc2ccc(CCC=O)cc2)C(C)CC=N)cc1. The van der Waals surface area contributed by atoms with Gasteiger partial charge in [0, 0.05) is 30.5 Å². The van der Waals surface area contributed by atoms with Crippen molar-refractivity contribution in [2.24, 2.45) is 28.2 Å². The first-order valence-electron chi connectivity index (χ1n) is 17.1. The first kappa shape index (κ1) is 34.4. The largest absolute Gasteiger partial charge is 0.493 e. The van der Waals surface area contributed by atoms with Crippen LogP contribution >= 0.6 is 0 Å². The van der Waals surface area contributed by atoms with Gasteiger partial charge in [-0.15, -0.1) is 0 Å². The van der Waals surface area contributed by atoms with Crippen molar-refractivity contribution in [1.29, 1.82) is 5.41 Å². The van der Waals surface area contributed by atoms with Crippen LogP contribution in [0.1, 0.15) is 89.7 Å². The molecule has 4 rings (SSSR count). The minimum absolute atomic E-state index is 0.0549. The van der Waals surface area contributed by atoms with Gasteiger partial charge in [-0.05, 0) is 110 Å². The average molecular weight is 616 g/mol. The molecule has 5 atom stereocenters. The molecule has 2 aliphatic carbocycles. The number of amides is 1. The number of fused-ring (bicyclic) bond motifs is 1. The summed E-state index contributed by atoms with van der Waals surface area (Å²) < 4.78 is 12.0. The summed E-state index contributed by atoms with van der Waals surface area (Å²) in [6.45, 7) is 8.13. The molecule has 2 N–H and O–H groups in total. The highest BCUT2D eigenvalue weighted by Crippen LogP contribution is 2.71. The lowest BCUT2D eigenvalue weighted by molar-refractivity contribution is -0.122. The Hall–Kier alpha value is -3.48. The Morgan fingerprint density at radius 1 is 1.07 bits per heavy atom. The highest BCUT2D eigenvalue weighted by molar-refractivity contribution is 5.78. The summed E-state index contributed by atoms with van der Waals surface area (Å²) in [5, 5.41) is 11.1. The molecule has 0 aliphatic heterocycles. The monoisotopic (exact) mass is 615 g/mol. The van der Waals surface area contributed by atoms with E-state index in [1.165, 1.54) is 31.9 Å². The maximum absolute atomic E-state index is 13.0. The second-order valence-corrected chi connectivity index (χ2v) is 13.1. The van der Waals surface area contributed by atoms with Crippen molar-refractivity contribution >= 4 is 24.6 Å². The molecule has 244 valence electrons. The fraction of sp³-hybridized carbons (Fsp3) is 0.579. The number of nitrogens with one attached hydrogen (secondary N) is 2. The number of rotatable bonds is 21. The van der Waals surface area contributed by atoms with E-state index in [0.29, 0.717) is 50.4 Å². The maximum Gasteiger partial charge on any atom is 0.220 e. The number of carbonyl (C=O) groups excluding carboxylic acids is 2. The number of hydrogen-bond acceptors (Lipinski definition) is 6. The van der Waals surface area contributed by atoms with E-state index < -0.39 is 0 Å². The van der Waals surface area contributed by atoms with E-state index in [1.54, 1.807) is 0 Å². The molecule has 2 fully saturated rings. The zero-order valence-electron chi connectivity index (χ0n) is 27.6. The molecule has 0 spiro atoms. The van der Waals surface area contributed by atoms with Crippen molar-refractivity contribution in [3.8, 4) is 11.5 Å². The van der Waals surface area contributed by atoms with Crippen molar-refractivity contribution in [3.63, 3.8) is 0 Å². The smallest absolute Gasteiger partial charge is 0.220 e. The Balaban J connectivity index is 1.20. The highest BCUT2D eigenvalue weighted by atomic mass is 16.5. The molecule has 7 heteroatoms. The lowest BCUT2D eigenvalue weighted by Gasteiger charge is -2.26. The van der Waals surface area contributed by atoms with E-state index in [9.17, 15) is 9.59 Å². The van der Waals surface area contributed by atoms with Crippen LogP contribution in [-0.2, 0) is 22.4 Å². The van der Waals surface area contributed by atoms with Gasteiger partial charge < -0.3 is 25.0 Å². The number of aldehydes is 1. The molecule has 0 saturated heterocycles. The number of ether oxygens (including phenoxy) is 2. The molecule has 0 aromatic heterocycles. The molecular formula is C38H53N3O4. The predicted molar refractivity (Wildman–Crippen MR) is 182 cm³/mol. The van der Waals surface area contributed by atoms with Crippen molar-refractivity contribution in [1.82, 2.24) is 5.32 Å². The predicted octanol–water partition coefficient (Wildman–Crippen LogP) is 7.44. The van der Waals surface area contributed by atoms with Crippen molar-refractivity contribution < 1.29 is 19.1 Å². The summed E-state index contributed by atoms with van der Waals surface area (Å²) in [5.41, 5.74) is 2.66. The van der Waals surface area contributed by atoms with E-state index in [-0.39, 0.29) is 23.3 Å². The van der Waals surface area contributed by atoms with Crippen LogP contribution in [0, 0.1) is 28.6 Å². The van der Waals surface area contributed by atoms with Crippen LogP contribution in [0.15, 0.2) is 53.5 Å². The van der Waals surface area contributed by atoms with E-state index in [1.807, 2.05) is 42.6 Å². The number of nitrogens with zero attached hydrogens (tertiary/aromatic N) is 1. The minimum Gasteiger partial charge on any atom is -0.493 e. The molecule has 7 nitrogen and oxygen atoms in total. The van der Waals surface area contributed by atoms with Gasteiger partial charge in [0.15, 0.2) is 0 Å². The lowest BCUT2D eigenvalue weighted by Crippen LogP contribution is -2.44. The van der Waals surface area contributed by atoms with Crippen molar-refractivity contribution in [3.05, 3.63) is 59.7 Å². The summed E-state index contributed by atoms with van der Waals surface area (Å²) in [7, 11) is 0. The Morgan fingerprint density at radius 2 is 1.76 bits per heavy atom. The third-order valence-corrected chi connectivity index (χ3v) is 10.3. The van der Waals surface area contributed by atoms with Crippen LogP contribution in [0.4, 0.5) is 0 Å². The summed E-state index contributed by atoms with van der Waals surface area (Å²) >= 11 is 0. The van der Waals surface area contributed by atoms with Crippen LogP contribution in [0.5, 0.6) is 11.5 Å². The fourth-order valence-corrected chi connectivity index (χ4v) is 7.34. The Kier molecular flexibility index (Phi) is 12.8. The molecule has 5 unspecified atom stereocenters. The molecule has 0 radical (unpaired) electrons. The summed E-state index contributed by atoms with van der Waals surface area (Å²) in [4.78, 5) is 28.2. The summed E-state index contributed by atoms with van der Waals surface area (Å²) in [5.74, 6) is 2.69. The molecule has 0 bridgehead atoms. The fourth-order valence-electron chi connectivity index (χ4n) is 7.34. The van der Waals surface area contributed by atoms with Gasteiger partial charge in [-0.1, -0.05) is 51.5 Å². The highest BCUT2D eigenvalue weighted by Gasteiger charge is 2.72. The molecule has 2 aromatic rings. The Labute approximate surface area is 270 Å². The van der Waals surface area contributed by atoms with Crippen LogP contribution < -0.4 is 14.8 Å². The third-order valence-electron chi connectivity index (χ3n) is 10.3. The standard InChI is InChI=1S/C38H53N3O4/c1-4-7-33-19-21-37(5-2)28-38(33,37)41-36(43)18-13-31-11-16-35(17-12-31)45-27-32(29(3)20-22-39)26-40-23-25-44-34-14-9-30(10-15-34)8-6-24-42/h9-12,14-17,22,24,26,29,32-33,39H,4-8,13,18-21,23,25,27-28H2,1-3H3,(H,41,43). The minimum atomic E-state index is 0.0549. The zero-order chi connectivity index (χ0) is 32.1. The van der Waals surface area contributed by atoms with Gasteiger partial charge in [-0.2, -0.15) is 0 Å². The van der Waals surface area contributed by atoms with Crippen LogP contribution in [0.2, 0.25) is 0 Å². The first-order chi connectivity index (χ1) is 21.9. The summed E-state index contributed by atoms with van der Waals surface area (Å²) in [6, 6.07) is 15.9. The van der Waals surface area contributed by atoms with Crippen molar-refractivity contribution in [2.75, 3.05) is 19.8 Å². The number of aryl methyl sites for hydroxylation is 2. The maximum atomic E-state index is 13.0. The van der Waals surface area contributed by atoms with Gasteiger partial charge in [0.1, 0.15) is 24.4 Å². The second-order valence-electron chi connectivity index (χ2n) is 13.1. The third kappa shape index (κ3) is 9.05. The number of aliphatic imine (C=N–C) groups is 1. The number of benzene rings is 2. The normalized spacial score (nSPS) is 23.2. The van der Waals surface area contributed by atoms with Crippen LogP contribution in [-0.4, -0.2) is 49.9 Å². The van der Waals surface area contributed by atoms with Gasteiger partial charge in [0.2, 0.25) is 5.91 Å². The van der Waals surface area contributed by atoms with Crippen molar-refractivity contribution in [2.45, 2.75) is 96.9 Å². The topological polar surface area (TPSA) is 101 Å². The molecule has 0 heterocycles. The summed E-state index contributed by atoms with van der Waals surface area (Å²) in [6.07, 6.45) is 14.7. The molecule has 2 saturated carbocycles. The van der Waals surface area contributed by atoms with Gasteiger partial charge in [-0.25, -0.2) is 0 Å². The van der Waals surface area contributed by atoms with Gasteiger partial charge in [0.05, 0.1) is 13.2 Å². The molecule has 1 amide bonds. The number of hydrogen-bond donors (Lipinski definition) is 2. The zero-order valence-corrected chi connectivity index (χ0v) is 27.6. The van der Waals surface area contributed by atoms with E-state index in [2.05, 4.69) is 43.2 Å². The molecular weight excluding hydrogens is 562 g/mol. The van der Waals surface area contributed by atoms with E-state index in [4.69, 9.17) is 14.9 Å². The lowest BCUT2D eigenvalue weighted by atomic mass is 9.91. The van der Waals surface area contributed by atoms with E-state index in [0.717, 1.165) is 54.6 Å². The average Bonchev–Trinajstić information content (AvgIpc) is 3.61. The first-order valence-corrected chi connectivity index (χ1v) is 17.1. The van der Waals surface area contributed by atoms with Crippen LogP contribution in [0.25, 0.3) is 0 Å². The molecule has 2 aliphatic rings. The Bertz CT molecular complexity index is 1260. The molecule has 45 heavy (non-hydrogen) atoms. The van der Waals surface area contributed by atoms with Gasteiger partial charge in [0.25, 0.3) is 0 Å².